The molecule has 0 atom stereocenters. The van der Waals surface area contributed by atoms with Gasteiger partial charge in [0.25, 0.3) is 5.91 Å². The summed E-state index contributed by atoms with van der Waals surface area (Å²) in [7, 11) is 2.22. The Morgan fingerprint density at radius 3 is 2.55 bits per heavy atom. The van der Waals surface area contributed by atoms with Gasteiger partial charge in [-0.25, -0.2) is 0 Å². The molecular weight excluding hydrogens is 292 g/mol. The third kappa shape index (κ3) is 5.33. The van der Waals surface area contributed by atoms with Crippen molar-refractivity contribution in [1.29, 1.82) is 0 Å². The monoisotopic (exact) mass is 320 g/mol. The maximum atomic E-state index is 12.1. The van der Waals surface area contributed by atoms with Crippen LogP contribution in [0.15, 0.2) is 29.2 Å². The molecule has 4 heteroatoms. The first-order valence-corrected chi connectivity index (χ1v) is 9.55. The number of hydrogen-bond acceptors (Lipinski definition) is 3. The Hall–Kier alpha value is -1.00. The van der Waals surface area contributed by atoms with Crippen LogP contribution in [-0.2, 0) is 0 Å². The Balaban J connectivity index is 1.65. The number of hydrogen-bond donors (Lipinski definition) is 1. The predicted octanol–water partition coefficient (Wildman–Crippen LogP) is 3.79. The average molecular weight is 321 g/mol. The van der Waals surface area contributed by atoms with Gasteiger partial charge in [0.1, 0.15) is 0 Å². The van der Waals surface area contributed by atoms with E-state index in [0.717, 1.165) is 31.1 Å². The second kappa shape index (κ2) is 9.21. The molecule has 122 valence electrons. The number of benzene rings is 1. The summed E-state index contributed by atoms with van der Waals surface area (Å²) in [6.07, 6.45) is 9.88. The van der Waals surface area contributed by atoms with Gasteiger partial charge in [0.05, 0.1) is 0 Å². The van der Waals surface area contributed by atoms with Crippen molar-refractivity contribution in [3.63, 3.8) is 0 Å². The molecule has 1 fully saturated rings. The smallest absolute Gasteiger partial charge is 0.251 e. The van der Waals surface area contributed by atoms with Gasteiger partial charge in [-0.1, -0.05) is 19.3 Å². The minimum atomic E-state index is 0.0352. The first-order chi connectivity index (χ1) is 10.7. The van der Waals surface area contributed by atoms with Crippen molar-refractivity contribution in [2.24, 2.45) is 0 Å². The number of rotatable bonds is 7. The molecule has 1 amide bonds. The number of amides is 1. The minimum Gasteiger partial charge on any atom is -0.352 e. The summed E-state index contributed by atoms with van der Waals surface area (Å²) in [6, 6.07) is 8.54. The molecule has 2 rings (SSSR count). The number of carbonyl (C=O) groups is 1. The van der Waals surface area contributed by atoms with E-state index in [0.29, 0.717) is 0 Å². The van der Waals surface area contributed by atoms with E-state index in [9.17, 15) is 4.79 Å². The number of nitrogens with zero attached hydrogens (tertiary/aromatic N) is 1. The number of thioether (sulfide) groups is 1. The van der Waals surface area contributed by atoms with Crippen LogP contribution in [0, 0.1) is 0 Å². The molecule has 1 aliphatic carbocycles. The Morgan fingerprint density at radius 1 is 1.23 bits per heavy atom. The lowest BCUT2D eigenvalue weighted by Gasteiger charge is -2.31. The second-order valence-corrected chi connectivity index (χ2v) is 6.99. The zero-order valence-corrected chi connectivity index (χ0v) is 14.6. The highest BCUT2D eigenvalue weighted by Crippen LogP contribution is 2.21. The normalized spacial score (nSPS) is 16.0. The van der Waals surface area contributed by atoms with Gasteiger partial charge in [0.15, 0.2) is 0 Å². The van der Waals surface area contributed by atoms with Gasteiger partial charge in [-0.15, -0.1) is 11.8 Å². The molecule has 0 aliphatic heterocycles. The molecule has 0 bridgehead atoms. The Morgan fingerprint density at radius 2 is 1.91 bits per heavy atom. The van der Waals surface area contributed by atoms with Crippen molar-refractivity contribution in [3.05, 3.63) is 29.8 Å². The van der Waals surface area contributed by atoms with Crippen LogP contribution >= 0.6 is 11.8 Å². The van der Waals surface area contributed by atoms with Crippen LogP contribution in [0.2, 0.25) is 0 Å². The van der Waals surface area contributed by atoms with Gasteiger partial charge in [-0.3, -0.25) is 4.79 Å². The molecule has 0 heterocycles. The van der Waals surface area contributed by atoms with Gasteiger partial charge in [-0.05, 0) is 63.4 Å². The number of nitrogens with one attached hydrogen (secondary N) is 1. The van der Waals surface area contributed by atoms with Crippen LogP contribution in [-0.4, -0.2) is 43.2 Å². The van der Waals surface area contributed by atoms with E-state index < -0.39 is 0 Å². The Kier molecular flexibility index (Phi) is 7.26. The van der Waals surface area contributed by atoms with E-state index in [1.54, 1.807) is 11.8 Å². The molecule has 0 aromatic heterocycles. The van der Waals surface area contributed by atoms with Crippen molar-refractivity contribution in [1.82, 2.24) is 10.2 Å². The van der Waals surface area contributed by atoms with Crippen molar-refractivity contribution < 1.29 is 4.79 Å². The molecule has 1 aliphatic rings. The predicted molar refractivity (Wildman–Crippen MR) is 94.7 cm³/mol. The fourth-order valence-corrected chi connectivity index (χ4v) is 3.49. The first kappa shape index (κ1) is 17.4. The van der Waals surface area contributed by atoms with Crippen LogP contribution < -0.4 is 5.32 Å². The highest BCUT2D eigenvalue weighted by Gasteiger charge is 2.17. The van der Waals surface area contributed by atoms with Crippen LogP contribution in [0.1, 0.15) is 48.9 Å². The quantitative estimate of drug-likeness (QED) is 0.613. The Bertz CT molecular complexity index is 455. The van der Waals surface area contributed by atoms with Crippen molar-refractivity contribution >= 4 is 17.7 Å². The standard InChI is InChI=1S/C18H28N2OS/c1-20(16-7-4-3-5-8-16)14-6-13-19-18(21)15-9-11-17(22-2)12-10-15/h9-12,16H,3-8,13-14H2,1-2H3,(H,19,21). The summed E-state index contributed by atoms with van der Waals surface area (Å²) >= 11 is 1.69. The summed E-state index contributed by atoms with van der Waals surface area (Å²) in [5, 5.41) is 3.02. The van der Waals surface area contributed by atoms with E-state index in [1.165, 1.54) is 37.0 Å². The summed E-state index contributed by atoms with van der Waals surface area (Å²) in [5.74, 6) is 0.0352. The SMILES string of the molecule is CSc1ccc(C(=O)NCCCN(C)C2CCCCC2)cc1. The second-order valence-electron chi connectivity index (χ2n) is 6.11. The van der Waals surface area contributed by atoms with Crippen LogP contribution in [0.4, 0.5) is 0 Å². The first-order valence-electron chi connectivity index (χ1n) is 8.33. The Labute approximate surface area is 138 Å². The molecule has 1 aromatic carbocycles. The van der Waals surface area contributed by atoms with Gasteiger partial charge in [0, 0.05) is 23.0 Å². The fraction of sp³-hybridized carbons (Fsp3) is 0.611. The largest absolute Gasteiger partial charge is 0.352 e. The van der Waals surface area contributed by atoms with Crippen molar-refractivity contribution in [2.75, 3.05) is 26.4 Å². The molecule has 1 aromatic rings. The van der Waals surface area contributed by atoms with E-state index in [2.05, 4.69) is 17.3 Å². The molecular formula is C18H28N2OS. The lowest BCUT2D eigenvalue weighted by Crippen LogP contribution is -2.35. The lowest BCUT2D eigenvalue weighted by molar-refractivity contribution is 0.0950. The minimum absolute atomic E-state index is 0.0352. The molecule has 22 heavy (non-hydrogen) atoms. The molecule has 0 spiro atoms. The molecule has 3 nitrogen and oxygen atoms in total. The van der Waals surface area contributed by atoms with E-state index in [1.807, 2.05) is 30.5 Å². The van der Waals surface area contributed by atoms with Gasteiger partial charge in [-0.2, -0.15) is 0 Å². The van der Waals surface area contributed by atoms with E-state index in [-0.39, 0.29) is 5.91 Å². The highest BCUT2D eigenvalue weighted by molar-refractivity contribution is 7.98. The van der Waals surface area contributed by atoms with E-state index >= 15 is 0 Å². The van der Waals surface area contributed by atoms with Gasteiger partial charge >= 0.3 is 0 Å². The molecule has 0 saturated heterocycles. The summed E-state index contributed by atoms with van der Waals surface area (Å²) in [5.41, 5.74) is 0.749. The maximum Gasteiger partial charge on any atom is 0.251 e. The lowest BCUT2D eigenvalue weighted by atomic mass is 9.94. The third-order valence-corrected chi connectivity index (χ3v) is 5.27. The highest BCUT2D eigenvalue weighted by atomic mass is 32.2. The van der Waals surface area contributed by atoms with Crippen LogP contribution in [0.5, 0.6) is 0 Å². The van der Waals surface area contributed by atoms with Crippen LogP contribution in [0.3, 0.4) is 0 Å². The van der Waals surface area contributed by atoms with Gasteiger partial charge in [0.2, 0.25) is 0 Å². The molecule has 1 saturated carbocycles. The zero-order chi connectivity index (χ0) is 15.8. The topological polar surface area (TPSA) is 32.3 Å². The number of carbonyl (C=O) groups excluding carboxylic acids is 1. The summed E-state index contributed by atoms with van der Waals surface area (Å²) in [4.78, 5) is 15.7. The summed E-state index contributed by atoms with van der Waals surface area (Å²) < 4.78 is 0. The molecule has 0 unspecified atom stereocenters. The van der Waals surface area contributed by atoms with Crippen molar-refractivity contribution in [3.8, 4) is 0 Å². The third-order valence-electron chi connectivity index (χ3n) is 4.52. The van der Waals surface area contributed by atoms with Crippen molar-refractivity contribution in [2.45, 2.75) is 49.5 Å². The average Bonchev–Trinajstić information content (AvgIpc) is 2.59. The zero-order valence-electron chi connectivity index (χ0n) is 13.8. The van der Waals surface area contributed by atoms with Gasteiger partial charge < -0.3 is 10.2 Å². The maximum absolute atomic E-state index is 12.1. The summed E-state index contributed by atoms with van der Waals surface area (Å²) in [6.45, 7) is 1.82. The molecule has 1 N–H and O–H groups in total. The van der Waals surface area contributed by atoms with Crippen LogP contribution in [0.25, 0.3) is 0 Å². The molecule has 0 radical (unpaired) electrons. The fourth-order valence-electron chi connectivity index (χ4n) is 3.08. The van der Waals surface area contributed by atoms with E-state index in [4.69, 9.17) is 0 Å².